The summed E-state index contributed by atoms with van der Waals surface area (Å²) in [5, 5.41) is 52.6. The number of aromatic hydroxyl groups is 1. The number of nitrogens with zero attached hydrogens (tertiary/aromatic N) is 4. The molecular formula is C37H42FN7O10. The van der Waals surface area contributed by atoms with Crippen molar-refractivity contribution >= 4 is 51.5 Å². The van der Waals surface area contributed by atoms with Gasteiger partial charge in [-0.3, -0.25) is 28.8 Å². The molecule has 4 atom stereocenters. The first kappa shape index (κ1) is 38.7. The number of nitrogens with one attached hydrogen (secondary N) is 1. The highest BCUT2D eigenvalue weighted by atomic mass is 19.1. The van der Waals surface area contributed by atoms with E-state index < -0.39 is 86.6 Å². The fourth-order valence-corrected chi connectivity index (χ4v) is 8.20. The molecule has 55 heavy (non-hydrogen) atoms. The number of aliphatic hydroxyl groups is 3. The lowest BCUT2D eigenvalue weighted by molar-refractivity contribution is -0.153. The minimum absolute atomic E-state index is 0.00103. The fraction of sp³-hybridized carbons (Fsp3) is 0.378. The number of benzene rings is 2. The van der Waals surface area contributed by atoms with Gasteiger partial charge in [0.25, 0.3) is 5.91 Å². The number of rotatable bonds is 5. The van der Waals surface area contributed by atoms with E-state index in [4.69, 9.17) is 16.6 Å². The van der Waals surface area contributed by atoms with E-state index >= 15 is 0 Å². The van der Waals surface area contributed by atoms with E-state index in [0.29, 0.717) is 29.9 Å². The maximum absolute atomic E-state index is 14.6. The van der Waals surface area contributed by atoms with Crippen molar-refractivity contribution in [3.63, 3.8) is 0 Å². The van der Waals surface area contributed by atoms with Crippen LogP contribution in [0.3, 0.4) is 0 Å². The van der Waals surface area contributed by atoms with Crippen LogP contribution < -0.4 is 27.2 Å². The predicted octanol–water partition coefficient (Wildman–Crippen LogP) is 0.310. The van der Waals surface area contributed by atoms with Crippen molar-refractivity contribution in [2.45, 2.75) is 24.5 Å². The van der Waals surface area contributed by atoms with Crippen molar-refractivity contribution in [3.05, 3.63) is 80.1 Å². The van der Waals surface area contributed by atoms with Gasteiger partial charge in [0.05, 0.1) is 33.9 Å². The van der Waals surface area contributed by atoms with Gasteiger partial charge in [-0.25, -0.2) is 9.18 Å². The average molecular weight is 764 g/mol. The molecule has 1 aromatic heterocycles. The molecule has 1 amide bonds. The highest BCUT2D eigenvalue weighted by molar-refractivity contribution is 6.24. The number of likely N-dealkylation sites (N-methyl/N-ethyl adjacent to an activating group) is 2. The molecule has 1 aliphatic heterocycles. The number of aromatic nitrogens is 1. The number of anilines is 2. The van der Waals surface area contributed by atoms with Gasteiger partial charge in [-0.15, -0.1) is 0 Å². The Hall–Kier alpha value is -5.98. The lowest BCUT2D eigenvalue weighted by atomic mass is 9.57. The summed E-state index contributed by atoms with van der Waals surface area (Å²) < 4.78 is 16.0. The van der Waals surface area contributed by atoms with E-state index in [9.17, 15) is 48.8 Å². The number of nitrogen functional groups attached to an aromatic ring is 1. The Kier molecular flexibility index (Phi) is 9.87. The standard InChI is InChI=1S/C21H23N3O7.C16H19FN4O3/c1-24(2)14-9-6-8-5-7-3-4-10(22)15(25)11(7)16(26)12(8)18(28)21(9,31)19(29)13(17(14)27)20(23)30;1-18-21-9-11(16(23)24)15(22)10-7-12(17)14(8-13(10)21)20-5-3-19(2)4-6-20/h3-4,8-9,14,25-26,29,31H,5-6,22H2,1-2H3,(H2,23,30);7-9,18H,3-6H2,1-2H3,(H,23,24)/t8-,9-,14-,21-;/m0./s1. The van der Waals surface area contributed by atoms with Crippen LogP contribution in [0.25, 0.3) is 16.7 Å². The van der Waals surface area contributed by atoms with Crippen LogP contribution in [0, 0.1) is 17.7 Å². The molecule has 0 spiro atoms. The Balaban J connectivity index is 0.000000193. The number of carboxylic acids is 1. The second kappa shape index (κ2) is 14.0. The number of carbonyl (C=O) groups is 4. The number of phenolic OH excluding ortho intramolecular Hbond substituents is 1. The molecule has 10 N–H and O–H groups in total. The molecule has 3 aliphatic carbocycles. The Bertz CT molecular complexity index is 2300. The number of carbonyl (C=O) groups excluding carboxylic acids is 3. The minimum atomic E-state index is -2.64. The Morgan fingerprint density at radius 2 is 1.71 bits per heavy atom. The molecule has 7 rings (SSSR count). The summed E-state index contributed by atoms with van der Waals surface area (Å²) >= 11 is 0. The number of amides is 1. The largest absolute Gasteiger partial charge is 0.508 e. The van der Waals surface area contributed by atoms with E-state index in [-0.39, 0.29) is 35.1 Å². The molecule has 1 saturated carbocycles. The first-order valence-electron chi connectivity index (χ1n) is 17.3. The van der Waals surface area contributed by atoms with Crippen LogP contribution in [-0.2, 0) is 20.8 Å². The number of aromatic carboxylic acids is 1. The Morgan fingerprint density at radius 1 is 1.05 bits per heavy atom. The van der Waals surface area contributed by atoms with Crippen LogP contribution in [0.5, 0.6) is 5.75 Å². The maximum atomic E-state index is 14.6. The lowest BCUT2D eigenvalue weighted by Gasteiger charge is -2.50. The van der Waals surface area contributed by atoms with Gasteiger partial charge in [-0.2, -0.15) is 0 Å². The molecule has 4 aliphatic rings. The SMILES string of the molecule is CN(C)[C@@H]1C(=O)C(C(N)=O)=C(O)[C@@]2(O)C(=O)C3=C(O)c4c(ccc(N)c4O)C[C@H]3C[C@@H]12.CNn1cc(C(=O)O)c(=O)c2cc(F)c(N3CCN(C)CC3)cc21. The molecule has 18 heteroatoms. The summed E-state index contributed by atoms with van der Waals surface area (Å²) in [5.74, 6) is -8.70. The zero-order valence-corrected chi connectivity index (χ0v) is 30.5. The number of ketones is 2. The molecule has 1 saturated heterocycles. The van der Waals surface area contributed by atoms with E-state index in [1.165, 1.54) is 21.8 Å². The number of hydrogen-bond acceptors (Lipinski definition) is 14. The summed E-state index contributed by atoms with van der Waals surface area (Å²) in [5.41, 5.74) is 10.4. The van der Waals surface area contributed by atoms with Gasteiger partial charge in [0.1, 0.15) is 34.2 Å². The maximum Gasteiger partial charge on any atom is 0.341 e. The van der Waals surface area contributed by atoms with Gasteiger partial charge in [0, 0.05) is 50.9 Å². The van der Waals surface area contributed by atoms with Crippen molar-refractivity contribution in [3.8, 4) is 5.75 Å². The van der Waals surface area contributed by atoms with Crippen molar-refractivity contribution in [1.82, 2.24) is 14.5 Å². The number of hydrogen-bond donors (Lipinski definition) is 8. The zero-order chi connectivity index (χ0) is 40.4. The third-order valence-electron chi connectivity index (χ3n) is 11.0. The van der Waals surface area contributed by atoms with E-state index in [1.54, 1.807) is 33.3 Å². The topological polar surface area (TPSA) is 265 Å². The third-order valence-corrected chi connectivity index (χ3v) is 11.0. The monoisotopic (exact) mass is 763 g/mol. The molecule has 292 valence electrons. The molecular weight excluding hydrogens is 721 g/mol. The molecule has 0 unspecified atom stereocenters. The van der Waals surface area contributed by atoms with Gasteiger partial charge in [0.15, 0.2) is 11.4 Å². The van der Waals surface area contributed by atoms with Crippen molar-refractivity contribution in [1.29, 1.82) is 0 Å². The number of primary amides is 1. The molecule has 0 bridgehead atoms. The molecule has 2 heterocycles. The van der Waals surface area contributed by atoms with Gasteiger partial charge < -0.3 is 52.2 Å². The number of Topliss-reactive ketones (excluding diaryl/α,β-unsaturated/α-hetero) is 2. The smallest absolute Gasteiger partial charge is 0.341 e. The Labute approximate surface area is 313 Å². The quantitative estimate of drug-likeness (QED) is 0.0988. The van der Waals surface area contributed by atoms with Crippen molar-refractivity contribution in [2.75, 3.05) is 70.4 Å². The van der Waals surface area contributed by atoms with E-state index in [0.717, 1.165) is 19.2 Å². The lowest BCUT2D eigenvalue weighted by Crippen LogP contribution is -2.65. The van der Waals surface area contributed by atoms with Crippen LogP contribution in [0.4, 0.5) is 15.8 Å². The number of halogens is 1. The van der Waals surface area contributed by atoms with Crippen LogP contribution in [0.2, 0.25) is 0 Å². The number of phenols is 1. The van der Waals surface area contributed by atoms with Gasteiger partial charge >= 0.3 is 5.97 Å². The summed E-state index contributed by atoms with van der Waals surface area (Å²) in [4.78, 5) is 67.4. The number of nitrogens with two attached hydrogens (primary N) is 2. The number of carboxylic acid groups (broad SMARTS) is 1. The summed E-state index contributed by atoms with van der Waals surface area (Å²) in [6, 6.07) is 4.73. The van der Waals surface area contributed by atoms with Crippen molar-refractivity contribution < 1.29 is 49.1 Å². The average Bonchev–Trinajstić information content (AvgIpc) is 3.12. The number of fused-ring (bicyclic) bond motifs is 4. The summed E-state index contributed by atoms with van der Waals surface area (Å²) in [6.45, 7) is 3.04. The normalized spacial score (nSPS) is 23.9. The van der Waals surface area contributed by atoms with Gasteiger partial charge in [-0.05, 0) is 63.7 Å². The van der Waals surface area contributed by atoms with Crippen LogP contribution in [-0.4, -0.2) is 129 Å². The van der Waals surface area contributed by atoms with Crippen LogP contribution in [0.15, 0.2) is 52.2 Å². The number of aliphatic hydroxyl groups excluding tert-OH is 2. The highest BCUT2D eigenvalue weighted by Gasteiger charge is 2.64. The summed E-state index contributed by atoms with van der Waals surface area (Å²) in [7, 11) is 6.72. The second-order valence-electron chi connectivity index (χ2n) is 14.4. The predicted molar refractivity (Wildman–Crippen MR) is 199 cm³/mol. The summed E-state index contributed by atoms with van der Waals surface area (Å²) in [6.07, 6.45) is 1.51. The number of piperazine rings is 1. The fourth-order valence-electron chi connectivity index (χ4n) is 8.20. The Morgan fingerprint density at radius 3 is 2.29 bits per heavy atom. The molecule has 3 aromatic rings. The first-order valence-corrected chi connectivity index (χ1v) is 17.3. The third kappa shape index (κ3) is 6.11. The zero-order valence-electron chi connectivity index (χ0n) is 30.5. The van der Waals surface area contributed by atoms with Gasteiger partial charge in [0.2, 0.25) is 11.2 Å². The highest BCUT2D eigenvalue weighted by Crippen LogP contribution is 2.53. The van der Waals surface area contributed by atoms with E-state index in [2.05, 4.69) is 10.3 Å². The molecule has 17 nitrogen and oxygen atoms in total. The van der Waals surface area contributed by atoms with E-state index in [1.807, 2.05) is 11.9 Å². The first-order chi connectivity index (χ1) is 25.8. The number of pyridine rings is 1. The van der Waals surface area contributed by atoms with Crippen molar-refractivity contribution in [2.24, 2.45) is 17.6 Å². The second-order valence-corrected chi connectivity index (χ2v) is 14.4. The minimum Gasteiger partial charge on any atom is -0.508 e. The molecule has 0 radical (unpaired) electrons. The van der Waals surface area contributed by atoms with Gasteiger partial charge in [-0.1, -0.05) is 6.07 Å². The molecule has 2 fully saturated rings. The molecule has 2 aromatic carbocycles. The van der Waals surface area contributed by atoms with Crippen LogP contribution in [0.1, 0.15) is 27.9 Å². The van der Waals surface area contributed by atoms with Crippen LogP contribution >= 0.6 is 0 Å².